The second-order valence-corrected chi connectivity index (χ2v) is 5.71. The summed E-state index contributed by atoms with van der Waals surface area (Å²) in [5, 5.41) is 23.7. The third kappa shape index (κ3) is 3.98. The van der Waals surface area contributed by atoms with Crippen LogP contribution in [0.15, 0.2) is 46.8 Å². The zero-order valence-corrected chi connectivity index (χ0v) is 15.1. The molecule has 0 radical (unpaired) electrons. The molecule has 0 aromatic heterocycles. The lowest BCUT2D eigenvalue weighted by Gasteiger charge is -2.30. The van der Waals surface area contributed by atoms with Gasteiger partial charge in [0.2, 0.25) is 0 Å². The first-order chi connectivity index (χ1) is 12.8. The molecule has 1 aromatic carbocycles. The van der Waals surface area contributed by atoms with Crippen molar-refractivity contribution in [1.82, 2.24) is 5.32 Å². The van der Waals surface area contributed by atoms with E-state index in [1.807, 2.05) is 0 Å². The van der Waals surface area contributed by atoms with Crippen LogP contribution in [-0.2, 0) is 19.1 Å². The molecule has 1 aliphatic rings. The highest BCUT2D eigenvalue weighted by Gasteiger charge is 2.39. The maximum atomic E-state index is 12.6. The number of nitrogens with one attached hydrogen (secondary N) is 1. The normalized spacial score (nSPS) is 16.7. The van der Waals surface area contributed by atoms with Crippen LogP contribution in [0.1, 0.15) is 25.3 Å². The van der Waals surface area contributed by atoms with Crippen molar-refractivity contribution in [3.8, 4) is 0 Å². The van der Waals surface area contributed by atoms with Crippen LogP contribution in [0.4, 0.5) is 5.69 Å². The Kier molecular flexibility index (Phi) is 6.30. The Bertz CT molecular complexity index is 842. The number of hydrogen-bond acceptors (Lipinski definition) is 8. The topological polar surface area (TPSA) is 128 Å². The lowest BCUT2D eigenvalue weighted by Crippen LogP contribution is -2.34. The molecular formula is C18H20N2O7. The molecule has 9 nitrogen and oxygen atoms in total. The van der Waals surface area contributed by atoms with Crippen LogP contribution in [0.5, 0.6) is 0 Å². The van der Waals surface area contributed by atoms with E-state index in [2.05, 4.69) is 5.32 Å². The van der Waals surface area contributed by atoms with Gasteiger partial charge in [0.15, 0.2) is 0 Å². The van der Waals surface area contributed by atoms with E-state index >= 15 is 0 Å². The van der Waals surface area contributed by atoms with E-state index < -0.39 is 29.4 Å². The summed E-state index contributed by atoms with van der Waals surface area (Å²) in [6.07, 6.45) is 0. The largest absolute Gasteiger partial charge is 0.466 e. The third-order valence-corrected chi connectivity index (χ3v) is 4.12. The van der Waals surface area contributed by atoms with Gasteiger partial charge in [-0.1, -0.05) is 12.1 Å². The van der Waals surface area contributed by atoms with Crippen LogP contribution in [-0.4, -0.2) is 42.3 Å². The van der Waals surface area contributed by atoms with E-state index in [9.17, 15) is 24.8 Å². The maximum absolute atomic E-state index is 12.6. The van der Waals surface area contributed by atoms with Gasteiger partial charge in [-0.2, -0.15) is 0 Å². The van der Waals surface area contributed by atoms with E-state index in [1.54, 1.807) is 19.9 Å². The molecule has 0 fully saturated rings. The highest BCUT2D eigenvalue weighted by atomic mass is 16.6. The van der Waals surface area contributed by atoms with Gasteiger partial charge in [0.1, 0.15) is 0 Å². The van der Waals surface area contributed by atoms with Gasteiger partial charge in [0, 0.05) is 17.8 Å². The summed E-state index contributed by atoms with van der Waals surface area (Å²) < 4.78 is 9.92. The number of allylic oxidation sites excluding steroid dienone is 1. The summed E-state index contributed by atoms with van der Waals surface area (Å²) in [5.74, 6) is -2.42. The molecule has 0 saturated carbocycles. The van der Waals surface area contributed by atoms with E-state index in [1.165, 1.54) is 25.3 Å². The van der Waals surface area contributed by atoms with Crippen LogP contribution in [0.25, 0.3) is 0 Å². The number of benzene rings is 1. The van der Waals surface area contributed by atoms with Gasteiger partial charge in [0.05, 0.1) is 48.0 Å². The fourth-order valence-corrected chi connectivity index (χ4v) is 3.00. The first-order valence-corrected chi connectivity index (χ1v) is 8.17. The summed E-state index contributed by atoms with van der Waals surface area (Å²) >= 11 is 0. The molecule has 0 aliphatic carbocycles. The van der Waals surface area contributed by atoms with Crippen molar-refractivity contribution in [3.05, 3.63) is 62.5 Å². The smallest absolute Gasteiger partial charge is 0.336 e. The molecule has 1 aromatic rings. The van der Waals surface area contributed by atoms with Crippen molar-refractivity contribution in [2.45, 2.75) is 19.8 Å². The predicted molar refractivity (Wildman–Crippen MR) is 94.4 cm³/mol. The number of nitro groups is 1. The number of methoxy groups -OCH3 is 1. The lowest BCUT2D eigenvalue weighted by molar-refractivity contribution is -0.384. The van der Waals surface area contributed by atoms with Crippen molar-refractivity contribution in [2.24, 2.45) is 0 Å². The minimum Gasteiger partial charge on any atom is -0.466 e. The molecule has 1 unspecified atom stereocenters. The monoisotopic (exact) mass is 376 g/mol. The molecule has 1 heterocycles. The standard InChI is InChI=1S/C18H20N2O7/c1-4-27-18(23)16-13(9-21)19-10(2)14(17(22)26-3)15(16)11-6-5-7-12(8-11)20(24)25/h5-8,15,19,21H,4,9H2,1-3H3. The minimum absolute atomic E-state index is 0.00541. The maximum Gasteiger partial charge on any atom is 0.336 e. The second kappa shape index (κ2) is 8.45. The number of nitrogens with zero attached hydrogens (tertiary/aromatic N) is 1. The van der Waals surface area contributed by atoms with Crippen molar-refractivity contribution in [1.29, 1.82) is 0 Å². The van der Waals surface area contributed by atoms with Crippen molar-refractivity contribution < 1.29 is 29.1 Å². The van der Waals surface area contributed by atoms with Crippen LogP contribution >= 0.6 is 0 Å². The Morgan fingerprint density at radius 2 is 2.00 bits per heavy atom. The number of hydrogen-bond donors (Lipinski definition) is 2. The van der Waals surface area contributed by atoms with Gasteiger partial charge in [-0.05, 0) is 19.4 Å². The number of carbonyl (C=O) groups is 2. The SMILES string of the molecule is CCOC(=O)C1=C(CO)NC(C)=C(C(=O)OC)C1c1cccc([N+](=O)[O-])c1. The summed E-state index contributed by atoms with van der Waals surface area (Å²) in [6, 6.07) is 5.61. The van der Waals surface area contributed by atoms with Gasteiger partial charge >= 0.3 is 11.9 Å². The first kappa shape index (κ1) is 20.1. The van der Waals surface area contributed by atoms with Crippen molar-refractivity contribution >= 4 is 17.6 Å². The number of ether oxygens (including phenoxy) is 2. The van der Waals surface area contributed by atoms with Crippen LogP contribution in [0.2, 0.25) is 0 Å². The Labute approximate surface area is 155 Å². The molecule has 1 aliphatic heterocycles. The molecule has 2 rings (SSSR count). The fourth-order valence-electron chi connectivity index (χ4n) is 3.00. The minimum atomic E-state index is -0.986. The zero-order chi connectivity index (χ0) is 20.1. The molecule has 1 atom stereocenters. The van der Waals surface area contributed by atoms with Crippen molar-refractivity contribution in [2.75, 3.05) is 20.3 Å². The average molecular weight is 376 g/mol. The van der Waals surface area contributed by atoms with Gasteiger partial charge < -0.3 is 19.9 Å². The Balaban J connectivity index is 2.74. The molecule has 0 spiro atoms. The Hall–Kier alpha value is -3.20. The average Bonchev–Trinajstić information content (AvgIpc) is 2.66. The third-order valence-electron chi connectivity index (χ3n) is 4.12. The van der Waals surface area contributed by atoms with Crippen LogP contribution in [0.3, 0.4) is 0 Å². The molecular weight excluding hydrogens is 356 g/mol. The first-order valence-electron chi connectivity index (χ1n) is 8.17. The number of aliphatic hydroxyl groups excluding tert-OH is 1. The summed E-state index contributed by atoms with van der Waals surface area (Å²) in [6.45, 7) is 2.79. The highest BCUT2D eigenvalue weighted by Crippen LogP contribution is 2.40. The van der Waals surface area contributed by atoms with Gasteiger partial charge in [-0.15, -0.1) is 0 Å². The lowest BCUT2D eigenvalue weighted by atomic mass is 9.80. The molecule has 2 N–H and O–H groups in total. The summed E-state index contributed by atoms with van der Waals surface area (Å²) in [4.78, 5) is 35.6. The number of carbonyl (C=O) groups excluding carboxylic acids is 2. The summed E-state index contributed by atoms with van der Waals surface area (Å²) in [5.41, 5.74) is 0.788. The molecule has 0 saturated heterocycles. The summed E-state index contributed by atoms with van der Waals surface area (Å²) in [7, 11) is 1.20. The highest BCUT2D eigenvalue weighted by molar-refractivity contribution is 6.00. The number of nitro benzene ring substituents is 1. The predicted octanol–water partition coefficient (Wildman–Crippen LogP) is 1.54. The number of non-ortho nitro benzene ring substituents is 1. The molecule has 144 valence electrons. The number of esters is 2. The van der Waals surface area contributed by atoms with Gasteiger partial charge in [0.25, 0.3) is 5.69 Å². The van der Waals surface area contributed by atoms with E-state index in [-0.39, 0.29) is 29.1 Å². The van der Waals surface area contributed by atoms with E-state index in [4.69, 9.17) is 9.47 Å². The number of aliphatic hydroxyl groups is 1. The van der Waals surface area contributed by atoms with Crippen LogP contribution in [0, 0.1) is 10.1 Å². The molecule has 27 heavy (non-hydrogen) atoms. The van der Waals surface area contributed by atoms with Gasteiger partial charge in [-0.25, -0.2) is 9.59 Å². The number of dihydropyridines is 1. The quantitative estimate of drug-likeness (QED) is 0.435. The molecule has 0 bridgehead atoms. The van der Waals surface area contributed by atoms with Crippen LogP contribution < -0.4 is 5.32 Å². The Morgan fingerprint density at radius 3 is 2.56 bits per heavy atom. The zero-order valence-electron chi connectivity index (χ0n) is 15.1. The molecule has 0 amide bonds. The molecule has 9 heteroatoms. The van der Waals surface area contributed by atoms with Gasteiger partial charge in [-0.3, -0.25) is 10.1 Å². The second-order valence-electron chi connectivity index (χ2n) is 5.71. The number of rotatable bonds is 6. The van der Waals surface area contributed by atoms with Crippen molar-refractivity contribution in [3.63, 3.8) is 0 Å². The van der Waals surface area contributed by atoms with E-state index in [0.717, 1.165) is 0 Å². The fraction of sp³-hybridized carbons (Fsp3) is 0.333. The van der Waals surface area contributed by atoms with E-state index in [0.29, 0.717) is 11.3 Å². The Morgan fingerprint density at radius 1 is 1.30 bits per heavy atom.